The first kappa shape index (κ1) is 11.8. The highest BCUT2D eigenvalue weighted by Gasteiger charge is 2.00. The molecule has 0 unspecified atom stereocenters. The minimum atomic E-state index is 0.563. The second-order valence-corrected chi connectivity index (χ2v) is 4.04. The van der Waals surface area contributed by atoms with Crippen molar-refractivity contribution in [2.45, 2.75) is 33.1 Å². The molecule has 0 fully saturated rings. The molecule has 15 heavy (non-hydrogen) atoms. The average Bonchev–Trinajstić information content (AvgIpc) is 2.26. The molecule has 1 aromatic carbocycles. The Morgan fingerprint density at radius 3 is 2.33 bits per heavy atom. The molecule has 0 aliphatic rings. The molecule has 0 radical (unpaired) electrons. The van der Waals surface area contributed by atoms with Crippen LogP contribution in [0.3, 0.4) is 0 Å². The van der Waals surface area contributed by atoms with Crippen LogP contribution in [0, 0.1) is 0 Å². The zero-order valence-corrected chi connectivity index (χ0v) is 9.83. The SMILES string of the molecule is CCCN=C(N)c1ccc(C(C)C)cc1. The van der Waals surface area contributed by atoms with E-state index in [0.29, 0.717) is 11.8 Å². The van der Waals surface area contributed by atoms with Crippen LogP contribution in [0.5, 0.6) is 0 Å². The van der Waals surface area contributed by atoms with E-state index in [2.05, 4.69) is 37.9 Å². The quantitative estimate of drug-likeness (QED) is 0.594. The summed E-state index contributed by atoms with van der Waals surface area (Å²) in [7, 11) is 0. The van der Waals surface area contributed by atoms with Gasteiger partial charge in [0.25, 0.3) is 0 Å². The van der Waals surface area contributed by atoms with E-state index in [1.807, 2.05) is 12.1 Å². The van der Waals surface area contributed by atoms with E-state index in [1.54, 1.807) is 0 Å². The molecule has 0 saturated heterocycles. The van der Waals surface area contributed by atoms with Crippen molar-refractivity contribution in [2.75, 3.05) is 6.54 Å². The number of nitrogens with two attached hydrogens (primary N) is 1. The molecule has 1 rings (SSSR count). The third-order valence-electron chi connectivity index (χ3n) is 2.38. The first-order valence-corrected chi connectivity index (χ1v) is 5.55. The van der Waals surface area contributed by atoms with Gasteiger partial charge in [-0.3, -0.25) is 4.99 Å². The van der Waals surface area contributed by atoms with Crippen molar-refractivity contribution in [1.82, 2.24) is 0 Å². The largest absolute Gasteiger partial charge is 0.384 e. The molecule has 0 aromatic heterocycles. The molecule has 0 aliphatic heterocycles. The van der Waals surface area contributed by atoms with Gasteiger partial charge in [0.15, 0.2) is 0 Å². The summed E-state index contributed by atoms with van der Waals surface area (Å²) in [5.74, 6) is 1.21. The maximum absolute atomic E-state index is 5.86. The standard InChI is InChI=1S/C13H20N2/c1-4-9-15-13(14)12-7-5-11(6-8-12)10(2)3/h5-8,10H,4,9H2,1-3H3,(H2,14,15). The fourth-order valence-electron chi connectivity index (χ4n) is 1.36. The number of aliphatic imine (C=N–C) groups is 1. The van der Waals surface area contributed by atoms with Crippen LogP contribution in [0.15, 0.2) is 29.3 Å². The molecule has 0 heterocycles. The van der Waals surface area contributed by atoms with Gasteiger partial charge in [-0.15, -0.1) is 0 Å². The lowest BCUT2D eigenvalue weighted by atomic mass is 10.0. The molecular formula is C13H20N2. The van der Waals surface area contributed by atoms with Gasteiger partial charge in [-0.25, -0.2) is 0 Å². The van der Waals surface area contributed by atoms with Crippen LogP contribution in [0.25, 0.3) is 0 Å². The maximum atomic E-state index is 5.86. The molecule has 0 amide bonds. The average molecular weight is 204 g/mol. The third-order valence-corrected chi connectivity index (χ3v) is 2.38. The molecule has 2 nitrogen and oxygen atoms in total. The highest BCUT2D eigenvalue weighted by atomic mass is 14.8. The van der Waals surface area contributed by atoms with Crippen LogP contribution >= 0.6 is 0 Å². The Labute approximate surface area is 92.2 Å². The van der Waals surface area contributed by atoms with Crippen molar-refractivity contribution < 1.29 is 0 Å². The Hall–Kier alpha value is -1.31. The van der Waals surface area contributed by atoms with Crippen molar-refractivity contribution in [3.8, 4) is 0 Å². The topological polar surface area (TPSA) is 38.4 Å². The van der Waals surface area contributed by atoms with E-state index < -0.39 is 0 Å². The lowest BCUT2D eigenvalue weighted by Crippen LogP contribution is -2.13. The van der Waals surface area contributed by atoms with Gasteiger partial charge >= 0.3 is 0 Å². The van der Waals surface area contributed by atoms with Crippen molar-refractivity contribution in [1.29, 1.82) is 0 Å². The van der Waals surface area contributed by atoms with Gasteiger partial charge < -0.3 is 5.73 Å². The zero-order chi connectivity index (χ0) is 11.3. The minimum absolute atomic E-state index is 0.563. The number of nitrogens with zero attached hydrogens (tertiary/aromatic N) is 1. The first-order valence-electron chi connectivity index (χ1n) is 5.55. The van der Waals surface area contributed by atoms with Gasteiger partial charge in [0, 0.05) is 12.1 Å². The van der Waals surface area contributed by atoms with Crippen molar-refractivity contribution in [2.24, 2.45) is 10.7 Å². The molecule has 2 N–H and O–H groups in total. The summed E-state index contributed by atoms with van der Waals surface area (Å²) in [6, 6.07) is 8.33. The maximum Gasteiger partial charge on any atom is 0.125 e. The van der Waals surface area contributed by atoms with E-state index in [4.69, 9.17) is 5.73 Å². The highest BCUT2D eigenvalue weighted by molar-refractivity contribution is 5.97. The van der Waals surface area contributed by atoms with Crippen LogP contribution in [-0.2, 0) is 0 Å². The normalized spacial score (nSPS) is 12.1. The highest BCUT2D eigenvalue weighted by Crippen LogP contribution is 2.14. The number of hydrogen-bond acceptors (Lipinski definition) is 1. The van der Waals surface area contributed by atoms with Gasteiger partial charge in [0.2, 0.25) is 0 Å². The zero-order valence-electron chi connectivity index (χ0n) is 9.83. The lowest BCUT2D eigenvalue weighted by molar-refractivity contribution is 0.866. The van der Waals surface area contributed by atoms with Gasteiger partial charge in [0.05, 0.1) is 0 Å². The Kier molecular flexibility index (Phi) is 4.35. The van der Waals surface area contributed by atoms with Gasteiger partial charge in [0.1, 0.15) is 5.84 Å². The molecule has 2 heteroatoms. The summed E-state index contributed by atoms with van der Waals surface area (Å²) in [5, 5.41) is 0. The van der Waals surface area contributed by atoms with Crippen LogP contribution in [0.2, 0.25) is 0 Å². The summed E-state index contributed by atoms with van der Waals surface area (Å²) in [5.41, 5.74) is 8.21. The summed E-state index contributed by atoms with van der Waals surface area (Å²) >= 11 is 0. The molecule has 0 aliphatic carbocycles. The van der Waals surface area contributed by atoms with Crippen LogP contribution in [0.1, 0.15) is 44.2 Å². The van der Waals surface area contributed by atoms with Crippen molar-refractivity contribution in [3.05, 3.63) is 35.4 Å². The van der Waals surface area contributed by atoms with Crippen molar-refractivity contribution >= 4 is 5.84 Å². The molecular weight excluding hydrogens is 184 g/mol. The van der Waals surface area contributed by atoms with E-state index >= 15 is 0 Å². The van der Waals surface area contributed by atoms with E-state index in [-0.39, 0.29) is 0 Å². The third kappa shape index (κ3) is 3.39. The second kappa shape index (κ2) is 5.54. The van der Waals surface area contributed by atoms with Gasteiger partial charge in [-0.2, -0.15) is 0 Å². The number of rotatable bonds is 4. The Bertz CT molecular complexity index is 323. The van der Waals surface area contributed by atoms with Crippen LogP contribution < -0.4 is 5.73 Å². The van der Waals surface area contributed by atoms with Gasteiger partial charge in [-0.1, -0.05) is 45.0 Å². The summed E-state index contributed by atoms with van der Waals surface area (Å²) in [4.78, 5) is 4.28. The van der Waals surface area contributed by atoms with Gasteiger partial charge in [-0.05, 0) is 17.9 Å². The van der Waals surface area contributed by atoms with Crippen LogP contribution in [-0.4, -0.2) is 12.4 Å². The molecule has 0 bridgehead atoms. The predicted octanol–water partition coefficient (Wildman–Crippen LogP) is 2.93. The fraction of sp³-hybridized carbons (Fsp3) is 0.462. The number of amidine groups is 1. The minimum Gasteiger partial charge on any atom is -0.384 e. The smallest absolute Gasteiger partial charge is 0.125 e. The summed E-state index contributed by atoms with van der Waals surface area (Å²) in [6.07, 6.45) is 1.03. The fourth-order valence-corrected chi connectivity index (χ4v) is 1.36. The second-order valence-electron chi connectivity index (χ2n) is 4.04. The molecule has 82 valence electrons. The Morgan fingerprint density at radius 2 is 1.87 bits per heavy atom. The van der Waals surface area contributed by atoms with E-state index in [9.17, 15) is 0 Å². The Balaban J connectivity index is 2.79. The molecule has 0 saturated carbocycles. The number of benzene rings is 1. The Morgan fingerprint density at radius 1 is 1.27 bits per heavy atom. The first-order chi connectivity index (χ1) is 7.15. The predicted molar refractivity (Wildman–Crippen MR) is 66.4 cm³/mol. The lowest BCUT2D eigenvalue weighted by Gasteiger charge is -2.06. The van der Waals surface area contributed by atoms with Crippen molar-refractivity contribution in [3.63, 3.8) is 0 Å². The van der Waals surface area contributed by atoms with Crippen LogP contribution in [0.4, 0.5) is 0 Å². The van der Waals surface area contributed by atoms with E-state index in [0.717, 1.165) is 18.5 Å². The molecule has 0 spiro atoms. The molecule has 1 aromatic rings. The molecule has 0 atom stereocenters. The summed E-state index contributed by atoms with van der Waals surface area (Å²) in [6.45, 7) is 7.27. The monoisotopic (exact) mass is 204 g/mol. The summed E-state index contributed by atoms with van der Waals surface area (Å²) < 4.78 is 0. The number of hydrogen-bond donors (Lipinski definition) is 1. The van der Waals surface area contributed by atoms with E-state index in [1.165, 1.54) is 5.56 Å².